The van der Waals surface area contributed by atoms with Crippen LogP contribution in [-0.4, -0.2) is 81.2 Å². The Hall–Kier alpha value is -3.32. The van der Waals surface area contributed by atoms with Crippen molar-refractivity contribution < 1.29 is 39.3 Å². The Morgan fingerprint density at radius 2 is 1.51 bits per heavy atom. The van der Waals surface area contributed by atoms with Crippen molar-refractivity contribution in [1.82, 2.24) is 16.0 Å². The summed E-state index contributed by atoms with van der Waals surface area (Å²) in [7, 11) is 0. The Kier molecular flexibility index (Phi) is 13.5. The van der Waals surface area contributed by atoms with Gasteiger partial charge in [-0.2, -0.15) is 11.8 Å². The number of rotatable bonds is 16. The number of carbonyl (C=O) groups is 5. The maximum atomic E-state index is 13.2. The second kappa shape index (κ2) is 15.7. The van der Waals surface area contributed by atoms with Crippen LogP contribution >= 0.6 is 11.8 Å². The minimum absolute atomic E-state index is 0.000334. The highest BCUT2D eigenvalue weighted by molar-refractivity contribution is 7.98. The molecule has 0 fully saturated rings. The van der Waals surface area contributed by atoms with Gasteiger partial charge in [-0.1, -0.05) is 32.4 Å². The van der Waals surface area contributed by atoms with Gasteiger partial charge in [-0.05, 0) is 42.0 Å². The van der Waals surface area contributed by atoms with Crippen molar-refractivity contribution in [3.63, 3.8) is 0 Å². The van der Waals surface area contributed by atoms with Crippen LogP contribution in [0.15, 0.2) is 24.3 Å². The molecule has 0 saturated heterocycles. The molecule has 0 aliphatic rings. The highest BCUT2D eigenvalue weighted by Gasteiger charge is 2.32. The molecule has 0 saturated carbocycles. The Labute approximate surface area is 219 Å². The molecule has 0 spiro atoms. The molecule has 0 aliphatic heterocycles. The number of nitrogens with two attached hydrogens (primary N) is 1. The molecular formula is C24H36N4O8S. The van der Waals surface area contributed by atoms with E-state index in [1.807, 2.05) is 6.26 Å². The number of carbonyl (C=O) groups excluding carboxylic acids is 3. The van der Waals surface area contributed by atoms with E-state index in [-0.39, 0.29) is 24.5 Å². The number of hydrogen-bond acceptors (Lipinski definition) is 8. The summed E-state index contributed by atoms with van der Waals surface area (Å²) in [6.07, 6.45) is 1.83. The zero-order chi connectivity index (χ0) is 28.1. The second-order valence-corrected chi connectivity index (χ2v) is 9.67. The Bertz CT molecular complexity index is 943. The van der Waals surface area contributed by atoms with Crippen molar-refractivity contribution >= 4 is 41.4 Å². The third-order valence-electron chi connectivity index (χ3n) is 5.76. The van der Waals surface area contributed by atoms with E-state index in [2.05, 4.69) is 16.0 Å². The number of phenols is 1. The van der Waals surface area contributed by atoms with Crippen LogP contribution in [0.2, 0.25) is 0 Å². The highest BCUT2D eigenvalue weighted by atomic mass is 32.2. The van der Waals surface area contributed by atoms with Crippen molar-refractivity contribution in [2.75, 3.05) is 12.0 Å². The van der Waals surface area contributed by atoms with Crippen LogP contribution in [0.25, 0.3) is 0 Å². The number of benzene rings is 1. The lowest BCUT2D eigenvalue weighted by atomic mass is 9.98. The van der Waals surface area contributed by atoms with Gasteiger partial charge in [-0.3, -0.25) is 19.2 Å². The van der Waals surface area contributed by atoms with Crippen LogP contribution in [0.4, 0.5) is 0 Å². The monoisotopic (exact) mass is 540 g/mol. The minimum Gasteiger partial charge on any atom is -0.508 e. The van der Waals surface area contributed by atoms with Gasteiger partial charge in [-0.25, -0.2) is 4.79 Å². The molecule has 8 N–H and O–H groups in total. The topological polar surface area (TPSA) is 208 Å². The molecule has 12 nitrogen and oxygen atoms in total. The predicted octanol–water partition coefficient (Wildman–Crippen LogP) is 0.0749. The third-order valence-corrected chi connectivity index (χ3v) is 6.40. The summed E-state index contributed by atoms with van der Waals surface area (Å²) in [6, 6.07) is 1.02. The molecule has 0 aromatic heterocycles. The normalized spacial score (nSPS) is 14.9. The van der Waals surface area contributed by atoms with Gasteiger partial charge in [0.15, 0.2) is 0 Å². The second-order valence-electron chi connectivity index (χ2n) is 8.69. The Morgan fingerprint density at radius 3 is 2.03 bits per heavy atom. The van der Waals surface area contributed by atoms with Crippen LogP contribution in [0.5, 0.6) is 5.75 Å². The van der Waals surface area contributed by atoms with Gasteiger partial charge in [0, 0.05) is 6.42 Å². The number of carboxylic acids is 2. The van der Waals surface area contributed by atoms with Gasteiger partial charge in [0.2, 0.25) is 17.7 Å². The first-order valence-corrected chi connectivity index (χ1v) is 13.2. The van der Waals surface area contributed by atoms with E-state index in [1.165, 1.54) is 23.9 Å². The highest BCUT2D eigenvalue weighted by Crippen LogP contribution is 2.13. The molecule has 0 aliphatic carbocycles. The largest absolute Gasteiger partial charge is 0.508 e. The number of aromatic hydroxyl groups is 1. The molecule has 13 heteroatoms. The Morgan fingerprint density at radius 1 is 0.946 bits per heavy atom. The first-order chi connectivity index (χ1) is 17.4. The van der Waals surface area contributed by atoms with E-state index < -0.39 is 60.2 Å². The average molecular weight is 541 g/mol. The molecule has 0 radical (unpaired) electrons. The molecule has 1 aromatic carbocycles. The van der Waals surface area contributed by atoms with E-state index in [4.69, 9.17) is 10.8 Å². The third kappa shape index (κ3) is 11.1. The van der Waals surface area contributed by atoms with E-state index >= 15 is 0 Å². The maximum absolute atomic E-state index is 13.2. The van der Waals surface area contributed by atoms with Gasteiger partial charge in [-0.15, -0.1) is 0 Å². The molecule has 0 bridgehead atoms. The lowest BCUT2D eigenvalue weighted by Gasteiger charge is -2.26. The lowest BCUT2D eigenvalue weighted by Crippen LogP contribution is -2.58. The van der Waals surface area contributed by atoms with Gasteiger partial charge < -0.3 is 37.0 Å². The summed E-state index contributed by atoms with van der Waals surface area (Å²) >= 11 is 1.43. The summed E-state index contributed by atoms with van der Waals surface area (Å²) in [6.45, 7) is 3.49. The van der Waals surface area contributed by atoms with E-state index in [0.717, 1.165) is 0 Å². The summed E-state index contributed by atoms with van der Waals surface area (Å²) < 4.78 is 0. The molecule has 5 unspecified atom stereocenters. The Balaban J connectivity index is 3.14. The number of carboxylic acid groups (broad SMARTS) is 2. The molecule has 1 rings (SSSR count). The average Bonchev–Trinajstić information content (AvgIpc) is 2.84. The maximum Gasteiger partial charge on any atom is 0.326 e. The van der Waals surface area contributed by atoms with E-state index in [9.17, 15) is 34.2 Å². The van der Waals surface area contributed by atoms with Gasteiger partial charge >= 0.3 is 11.9 Å². The van der Waals surface area contributed by atoms with Crippen LogP contribution in [-0.2, 0) is 30.4 Å². The molecule has 0 heterocycles. The van der Waals surface area contributed by atoms with Crippen LogP contribution in [0.3, 0.4) is 0 Å². The number of nitrogens with one attached hydrogen (secondary N) is 3. The molecule has 3 amide bonds. The van der Waals surface area contributed by atoms with Crippen molar-refractivity contribution in [3.8, 4) is 5.75 Å². The van der Waals surface area contributed by atoms with E-state index in [0.29, 0.717) is 17.7 Å². The quantitative estimate of drug-likeness (QED) is 0.150. The fourth-order valence-electron chi connectivity index (χ4n) is 3.35. The molecule has 1 aromatic rings. The van der Waals surface area contributed by atoms with Gasteiger partial charge in [0.05, 0.1) is 12.5 Å². The van der Waals surface area contributed by atoms with Crippen molar-refractivity contribution in [1.29, 1.82) is 0 Å². The molecule has 37 heavy (non-hydrogen) atoms. The number of amides is 3. The first kappa shape index (κ1) is 31.7. The lowest BCUT2D eigenvalue weighted by molar-refractivity contribution is -0.143. The summed E-state index contributed by atoms with van der Waals surface area (Å²) in [5.41, 5.74) is 6.21. The van der Waals surface area contributed by atoms with Crippen molar-refractivity contribution in [3.05, 3.63) is 29.8 Å². The van der Waals surface area contributed by atoms with Crippen LogP contribution in [0, 0.1) is 5.92 Å². The van der Waals surface area contributed by atoms with E-state index in [1.54, 1.807) is 26.0 Å². The van der Waals surface area contributed by atoms with Gasteiger partial charge in [0.1, 0.15) is 23.9 Å². The smallest absolute Gasteiger partial charge is 0.326 e. The van der Waals surface area contributed by atoms with Crippen LogP contribution in [0.1, 0.15) is 38.7 Å². The van der Waals surface area contributed by atoms with Crippen molar-refractivity contribution in [2.24, 2.45) is 11.7 Å². The standard InChI is InChI=1S/C24H36N4O8S/c1-4-13(2)20(24(35)36)28-22(33)17(9-10-37-3)26-23(34)18(11-14-5-7-15(29)8-6-14)27-21(32)16(25)12-19(30)31/h5-8,13,16-18,20,29H,4,9-12,25H2,1-3H3,(H,26,34)(H,27,32)(H,28,33)(H,30,31)(H,35,36). The predicted molar refractivity (Wildman–Crippen MR) is 138 cm³/mol. The number of thioether (sulfide) groups is 1. The zero-order valence-electron chi connectivity index (χ0n) is 21.1. The summed E-state index contributed by atoms with van der Waals surface area (Å²) in [5.74, 6) is -4.62. The van der Waals surface area contributed by atoms with Crippen LogP contribution < -0.4 is 21.7 Å². The molecular weight excluding hydrogens is 504 g/mol. The minimum atomic E-state index is -1.41. The number of hydrogen-bond donors (Lipinski definition) is 7. The summed E-state index contributed by atoms with van der Waals surface area (Å²) in [5, 5.41) is 35.5. The molecule has 206 valence electrons. The number of aliphatic carboxylic acids is 2. The first-order valence-electron chi connectivity index (χ1n) is 11.8. The van der Waals surface area contributed by atoms with Crippen molar-refractivity contribution in [2.45, 2.75) is 63.7 Å². The van der Waals surface area contributed by atoms with Gasteiger partial charge in [0.25, 0.3) is 0 Å². The SMILES string of the molecule is CCC(C)C(NC(=O)C(CCSC)NC(=O)C(Cc1ccc(O)cc1)NC(=O)C(N)CC(=O)O)C(=O)O. The molecule has 5 atom stereocenters. The zero-order valence-corrected chi connectivity index (χ0v) is 21.9. The fourth-order valence-corrected chi connectivity index (χ4v) is 3.82. The number of phenolic OH excluding ortho intramolecular Hbond substituents is 1. The summed E-state index contributed by atoms with van der Waals surface area (Å²) in [4.78, 5) is 61.3. The fraction of sp³-hybridized carbons (Fsp3) is 0.542.